The van der Waals surface area contributed by atoms with Crippen molar-refractivity contribution in [3.63, 3.8) is 0 Å². The zero-order chi connectivity index (χ0) is 17.8. The van der Waals surface area contributed by atoms with Crippen LogP contribution in [0, 0.1) is 10.1 Å². The summed E-state index contributed by atoms with van der Waals surface area (Å²) in [5.74, 6) is -1.18. The van der Waals surface area contributed by atoms with Crippen LogP contribution in [0.5, 0.6) is 0 Å². The predicted molar refractivity (Wildman–Crippen MR) is 82.5 cm³/mol. The molecule has 0 spiro atoms. The van der Waals surface area contributed by atoms with Crippen molar-refractivity contribution in [3.8, 4) is 0 Å². The maximum Gasteiger partial charge on any atom is 0.408 e. The molecule has 0 heterocycles. The molecule has 1 aromatic carbocycles. The lowest BCUT2D eigenvalue weighted by molar-refractivity contribution is -0.384. The van der Waals surface area contributed by atoms with Gasteiger partial charge in [0.2, 0.25) is 0 Å². The van der Waals surface area contributed by atoms with E-state index in [0.29, 0.717) is 0 Å². The van der Waals surface area contributed by atoms with Crippen LogP contribution in [0.2, 0.25) is 5.02 Å². The average molecular weight is 345 g/mol. The second kappa shape index (κ2) is 7.28. The topological polar surface area (TPSA) is 119 Å². The summed E-state index contributed by atoms with van der Waals surface area (Å²) in [6.07, 6.45) is -1.28. The molecule has 23 heavy (non-hydrogen) atoms. The Morgan fingerprint density at radius 1 is 1.43 bits per heavy atom. The number of halogens is 1. The van der Waals surface area contributed by atoms with Crippen LogP contribution in [0.25, 0.3) is 0 Å². The number of ether oxygens (including phenoxy) is 1. The third-order valence-electron chi connectivity index (χ3n) is 2.64. The first-order chi connectivity index (χ1) is 10.5. The van der Waals surface area contributed by atoms with Crippen LogP contribution in [0.1, 0.15) is 38.8 Å². The van der Waals surface area contributed by atoms with Gasteiger partial charge in [-0.3, -0.25) is 14.9 Å². The number of hydrogen-bond acceptors (Lipinski definition) is 5. The molecule has 9 heteroatoms. The van der Waals surface area contributed by atoms with E-state index >= 15 is 0 Å². The number of alkyl carbamates (subject to hydrolysis) is 1. The predicted octanol–water partition coefficient (Wildman–Crippen LogP) is 3.29. The van der Waals surface area contributed by atoms with Gasteiger partial charge in [-0.1, -0.05) is 17.7 Å². The molecule has 1 rings (SSSR count). The van der Waals surface area contributed by atoms with Crippen LogP contribution in [0.15, 0.2) is 18.2 Å². The molecule has 0 aliphatic carbocycles. The van der Waals surface area contributed by atoms with E-state index in [-0.39, 0.29) is 16.3 Å². The molecule has 1 aromatic rings. The largest absolute Gasteiger partial charge is 0.481 e. The number of nitro benzene ring substituents is 1. The SMILES string of the molecule is CC(C)(C)OC(=O)N[C@@H](CC(=O)O)c1ccc(Cl)c([N+](=O)[O-])c1. The van der Waals surface area contributed by atoms with Crippen LogP contribution in [0.3, 0.4) is 0 Å². The lowest BCUT2D eigenvalue weighted by atomic mass is 10.0. The minimum absolute atomic E-state index is 0.0786. The number of rotatable bonds is 5. The Kier molecular flexibility index (Phi) is 5.91. The number of aliphatic carboxylic acids is 1. The van der Waals surface area contributed by atoms with E-state index in [1.165, 1.54) is 12.1 Å². The number of nitrogens with zero attached hydrogens (tertiary/aromatic N) is 1. The van der Waals surface area contributed by atoms with Gasteiger partial charge in [0.05, 0.1) is 17.4 Å². The maximum atomic E-state index is 11.8. The Morgan fingerprint density at radius 3 is 2.52 bits per heavy atom. The second-order valence-electron chi connectivity index (χ2n) is 5.76. The lowest BCUT2D eigenvalue weighted by Crippen LogP contribution is -2.35. The van der Waals surface area contributed by atoms with Crippen molar-refractivity contribution in [1.29, 1.82) is 0 Å². The molecule has 0 saturated carbocycles. The van der Waals surface area contributed by atoms with Crippen LogP contribution >= 0.6 is 11.6 Å². The third-order valence-corrected chi connectivity index (χ3v) is 2.96. The summed E-state index contributed by atoms with van der Waals surface area (Å²) >= 11 is 5.72. The van der Waals surface area contributed by atoms with E-state index in [4.69, 9.17) is 21.4 Å². The van der Waals surface area contributed by atoms with Crippen molar-refractivity contribution in [2.75, 3.05) is 0 Å². The monoisotopic (exact) mass is 344 g/mol. The van der Waals surface area contributed by atoms with Crippen LogP contribution in [0.4, 0.5) is 10.5 Å². The van der Waals surface area contributed by atoms with Gasteiger partial charge in [-0.15, -0.1) is 0 Å². The van der Waals surface area contributed by atoms with Gasteiger partial charge in [-0.2, -0.15) is 0 Å². The summed E-state index contributed by atoms with van der Waals surface area (Å²) in [6.45, 7) is 4.98. The Hall–Kier alpha value is -2.35. The first-order valence-corrected chi connectivity index (χ1v) is 7.02. The van der Waals surface area contributed by atoms with Crippen molar-refractivity contribution in [3.05, 3.63) is 38.9 Å². The van der Waals surface area contributed by atoms with E-state index in [2.05, 4.69) is 5.32 Å². The number of carboxylic acids is 1. The summed E-state index contributed by atoms with van der Waals surface area (Å²) in [6, 6.07) is 2.84. The average Bonchev–Trinajstić information content (AvgIpc) is 2.35. The Labute approximate surface area is 137 Å². The summed E-state index contributed by atoms with van der Waals surface area (Å²) in [5, 5.41) is 22.2. The van der Waals surface area contributed by atoms with Gasteiger partial charge in [0, 0.05) is 6.07 Å². The Bertz CT molecular complexity index is 626. The number of amides is 1. The molecule has 126 valence electrons. The van der Waals surface area contributed by atoms with E-state index in [9.17, 15) is 19.7 Å². The zero-order valence-corrected chi connectivity index (χ0v) is 13.6. The van der Waals surface area contributed by atoms with Crippen molar-refractivity contribution < 1.29 is 24.4 Å². The fourth-order valence-electron chi connectivity index (χ4n) is 1.76. The van der Waals surface area contributed by atoms with Crippen molar-refractivity contribution in [1.82, 2.24) is 5.32 Å². The molecule has 0 aliphatic heterocycles. The highest BCUT2D eigenvalue weighted by Gasteiger charge is 2.24. The first-order valence-electron chi connectivity index (χ1n) is 6.65. The smallest absolute Gasteiger partial charge is 0.408 e. The first kappa shape index (κ1) is 18.7. The summed E-state index contributed by atoms with van der Waals surface area (Å²) in [7, 11) is 0. The molecule has 8 nitrogen and oxygen atoms in total. The molecular weight excluding hydrogens is 328 g/mol. The van der Waals surface area contributed by atoms with Crippen LogP contribution in [-0.2, 0) is 9.53 Å². The quantitative estimate of drug-likeness (QED) is 0.624. The fraction of sp³-hybridized carbons (Fsp3) is 0.429. The second-order valence-corrected chi connectivity index (χ2v) is 6.17. The molecule has 1 amide bonds. The molecule has 0 aliphatic rings. The zero-order valence-electron chi connectivity index (χ0n) is 12.8. The molecule has 1 atom stereocenters. The number of benzene rings is 1. The molecule has 0 saturated heterocycles. The molecule has 0 radical (unpaired) electrons. The Balaban J connectivity index is 3.07. The minimum atomic E-state index is -1.18. The van der Waals surface area contributed by atoms with Gasteiger partial charge in [0.25, 0.3) is 5.69 Å². The Morgan fingerprint density at radius 2 is 2.04 bits per heavy atom. The number of hydrogen-bond donors (Lipinski definition) is 2. The van der Waals surface area contributed by atoms with Crippen LogP contribution in [-0.4, -0.2) is 27.7 Å². The summed E-state index contributed by atoms with van der Waals surface area (Å²) < 4.78 is 5.07. The van der Waals surface area contributed by atoms with Crippen molar-refractivity contribution >= 4 is 29.4 Å². The van der Waals surface area contributed by atoms with Gasteiger partial charge in [-0.25, -0.2) is 4.79 Å². The standard InChI is InChI=1S/C14H17ClN2O6/c1-14(2,3)23-13(20)16-10(7-12(18)19)8-4-5-9(15)11(6-8)17(21)22/h4-6,10H,7H2,1-3H3,(H,16,20)(H,18,19)/t10-/m0/s1. The van der Waals surface area contributed by atoms with E-state index < -0.39 is 35.0 Å². The molecule has 0 aromatic heterocycles. The van der Waals surface area contributed by atoms with Crippen LogP contribution < -0.4 is 5.32 Å². The van der Waals surface area contributed by atoms with Crippen molar-refractivity contribution in [2.24, 2.45) is 0 Å². The van der Waals surface area contributed by atoms with Gasteiger partial charge in [0.1, 0.15) is 10.6 Å². The normalized spacial score (nSPS) is 12.3. The van der Waals surface area contributed by atoms with Gasteiger partial charge < -0.3 is 15.2 Å². The van der Waals surface area contributed by atoms with Gasteiger partial charge in [-0.05, 0) is 32.4 Å². The number of nitro groups is 1. The molecule has 0 bridgehead atoms. The molecule has 0 unspecified atom stereocenters. The molecule has 2 N–H and O–H groups in total. The highest BCUT2D eigenvalue weighted by molar-refractivity contribution is 6.32. The number of carboxylic acid groups (broad SMARTS) is 1. The van der Waals surface area contributed by atoms with E-state index in [0.717, 1.165) is 6.07 Å². The number of carbonyl (C=O) groups excluding carboxylic acids is 1. The summed E-state index contributed by atoms with van der Waals surface area (Å²) in [5.41, 5.74) is -0.885. The fourth-order valence-corrected chi connectivity index (χ4v) is 1.95. The third kappa shape index (κ3) is 6.11. The van der Waals surface area contributed by atoms with E-state index in [1.54, 1.807) is 20.8 Å². The van der Waals surface area contributed by atoms with Gasteiger partial charge >= 0.3 is 12.1 Å². The van der Waals surface area contributed by atoms with Gasteiger partial charge in [0.15, 0.2) is 0 Å². The van der Waals surface area contributed by atoms with Crippen molar-refractivity contribution in [2.45, 2.75) is 38.8 Å². The summed E-state index contributed by atoms with van der Waals surface area (Å²) in [4.78, 5) is 33.0. The molecular formula is C14H17ClN2O6. The minimum Gasteiger partial charge on any atom is -0.481 e. The molecule has 0 fully saturated rings. The highest BCUT2D eigenvalue weighted by atomic mass is 35.5. The number of nitrogens with one attached hydrogen (secondary N) is 1. The number of carbonyl (C=O) groups is 2. The maximum absolute atomic E-state index is 11.8. The highest BCUT2D eigenvalue weighted by Crippen LogP contribution is 2.29. The van der Waals surface area contributed by atoms with E-state index in [1.807, 2.05) is 0 Å². The lowest BCUT2D eigenvalue weighted by Gasteiger charge is -2.23.